The number of hydrogen-bond acceptors (Lipinski definition) is 1. The standard InChI is InChI=1S/C15H16N2O/c1-2-3-4-5-9-17-15(18)13-6-7-14-12(11-13)8-10-16-14/h1,6-8,10-11,16H,3-5,9H2,(H,17,18). The molecule has 0 atom stereocenters. The molecule has 0 aliphatic rings. The highest BCUT2D eigenvalue weighted by Crippen LogP contribution is 2.14. The summed E-state index contributed by atoms with van der Waals surface area (Å²) in [5, 5.41) is 3.95. The van der Waals surface area contributed by atoms with Gasteiger partial charge in [0.05, 0.1) is 0 Å². The van der Waals surface area contributed by atoms with Gasteiger partial charge in [0, 0.05) is 35.6 Å². The maximum Gasteiger partial charge on any atom is 0.251 e. The zero-order chi connectivity index (χ0) is 12.8. The summed E-state index contributed by atoms with van der Waals surface area (Å²) in [7, 11) is 0. The predicted octanol–water partition coefficient (Wildman–Crippen LogP) is 2.70. The van der Waals surface area contributed by atoms with Crippen molar-refractivity contribution in [1.82, 2.24) is 10.3 Å². The van der Waals surface area contributed by atoms with E-state index in [-0.39, 0.29) is 5.91 Å². The minimum Gasteiger partial charge on any atom is -0.361 e. The minimum atomic E-state index is -0.0289. The third-order valence-electron chi connectivity index (χ3n) is 2.85. The SMILES string of the molecule is C#CCCCCNC(=O)c1ccc2[nH]ccc2c1. The van der Waals surface area contributed by atoms with E-state index < -0.39 is 0 Å². The summed E-state index contributed by atoms with van der Waals surface area (Å²) in [6.07, 6.45) is 9.67. The highest BCUT2D eigenvalue weighted by molar-refractivity contribution is 5.98. The Hall–Kier alpha value is -2.21. The summed E-state index contributed by atoms with van der Waals surface area (Å²) in [6, 6.07) is 7.60. The third-order valence-corrected chi connectivity index (χ3v) is 2.85. The van der Waals surface area contributed by atoms with Crippen molar-refractivity contribution in [2.75, 3.05) is 6.54 Å². The number of H-pyrrole nitrogens is 1. The van der Waals surface area contributed by atoms with Crippen molar-refractivity contribution in [2.45, 2.75) is 19.3 Å². The van der Waals surface area contributed by atoms with E-state index >= 15 is 0 Å². The van der Waals surface area contributed by atoms with Gasteiger partial charge in [0.1, 0.15) is 0 Å². The van der Waals surface area contributed by atoms with E-state index in [1.54, 1.807) is 0 Å². The molecule has 0 saturated carbocycles. The Balaban J connectivity index is 1.90. The largest absolute Gasteiger partial charge is 0.361 e. The summed E-state index contributed by atoms with van der Waals surface area (Å²) in [5.41, 5.74) is 1.74. The second-order valence-corrected chi connectivity index (χ2v) is 4.20. The van der Waals surface area contributed by atoms with Crippen molar-refractivity contribution < 1.29 is 4.79 Å². The number of nitrogens with one attached hydrogen (secondary N) is 2. The molecule has 0 aliphatic carbocycles. The van der Waals surface area contributed by atoms with Gasteiger partial charge in [-0.3, -0.25) is 4.79 Å². The molecule has 1 amide bonds. The van der Waals surface area contributed by atoms with E-state index in [1.165, 1.54) is 0 Å². The average Bonchev–Trinajstić information content (AvgIpc) is 2.85. The summed E-state index contributed by atoms with van der Waals surface area (Å²) in [6.45, 7) is 0.672. The number of carbonyl (C=O) groups is 1. The first-order valence-corrected chi connectivity index (χ1v) is 6.10. The summed E-state index contributed by atoms with van der Waals surface area (Å²) in [5.74, 6) is 2.56. The molecular formula is C15H16N2O. The maximum absolute atomic E-state index is 11.9. The molecule has 0 fully saturated rings. The van der Waals surface area contributed by atoms with E-state index in [2.05, 4.69) is 16.2 Å². The molecule has 18 heavy (non-hydrogen) atoms. The number of benzene rings is 1. The Morgan fingerprint density at radius 1 is 1.33 bits per heavy atom. The fourth-order valence-electron chi connectivity index (χ4n) is 1.85. The second-order valence-electron chi connectivity index (χ2n) is 4.20. The van der Waals surface area contributed by atoms with Crippen LogP contribution in [0.3, 0.4) is 0 Å². The Kier molecular flexibility index (Phi) is 4.03. The maximum atomic E-state index is 11.9. The smallest absolute Gasteiger partial charge is 0.251 e. The predicted molar refractivity (Wildman–Crippen MR) is 73.3 cm³/mol. The van der Waals surface area contributed by atoms with E-state index in [0.29, 0.717) is 12.1 Å². The van der Waals surface area contributed by atoms with Crippen LogP contribution in [0.1, 0.15) is 29.6 Å². The lowest BCUT2D eigenvalue weighted by molar-refractivity contribution is 0.0953. The van der Waals surface area contributed by atoms with Gasteiger partial charge >= 0.3 is 0 Å². The highest BCUT2D eigenvalue weighted by Gasteiger charge is 2.05. The van der Waals surface area contributed by atoms with Crippen LogP contribution in [0.2, 0.25) is 0 Å². The van der Waals surface area contributed by atoms with Gasteiger partial charge in [-0.05, 0) is 37.1 Å². The lowest BCUT2D eigenvalue weighted by atomic mass is 10.1. The molecule has 2 rings (SSSR count). The van der Waals surface area contributed by atoms with E-state index in [9.17, 15) is 4.79 Å². The van der Waals surface area contributed by atoms with Gasteiger partial charge in [0.15, 0.2) is 0 Å². The van der Waals surface area contributed by atoms with Gasteiger partial charge in [-0.1, -0.05) is 0 Å². The molecule has 1 aromatic heterocycles. The summed E-state index contributed by atoms with van der Waals surface area (Å²) in [4.78, 5) is 15.0. The molecule has 0 unspecified atom stereocenters. The average molecular weight is 240 g/mol. The topological polar surface area (TPSA) is 44.9 Å². The molecule has 92 valence electrons. The van der Waals surface area contributed by atoms with Crippen molar-refractivity contribution >= 4 is 16.8 Å². The van der Waals surface area contributed by atoms with Crippen LogP contribution in [-0.2, 0) is 0 Å². The first-order valence-electron chi connectivity index (χ1n) is 6.10. The molecule has 0 spiro atoms. The van der Waals surface area contributed by atoms with Gasteiger partial charge in [-0.25, -0.2) is 0 Å². The van der Waals surface area contributed by atoms with Crippen LogP contribution in [0.5, 0.6) is 0 Å². The van der Waals surface area contributed by atoms with Crippen molar-refractivity contribution in [2.24, 2.45) is 0 Å². The molecule has 3 heteroatoms. The molecular weight excluding hydrogens is 224 g/mol. The fraction of sp³-hybridized carbons (Fsp3) is 0.267. The number of fused-ring (bicyclic) bond motifs is 1. The number of terminal acetylenes is 1. The monoisotopic (exact) mass is 240 g/mol. The minimum absolute atomic E-state index is 0.0289. The third kappa shape index (κ3) is 2.92. The van der Waals surface area contributed by atoms with Crippen molar-refractivity contribution in [1.29, 1.82) is 0 Å². The van der Waals surface area contributed by atoms with Crippen molar-refractivity contribution in [3.05, 3.63) is 36.0 Å². The Labute approximate surface area is 107 Å². The van der Waals surface area contributed by atoms with Gasteiger partial charge in [-0.2, -0.15) is 0 Å². The molecule has 0 radical (unpaired) electrons. The molecule has 3 nitrogen and oxygen atoms in total. The molecule has 0 saturated heterocycles. The summed E-state index contributed by atoms with van der Waals surface area (Å²) < 4.78 is 0. The molecule has 2 N–H and O–H groups in total. The number of hydrogen-bond donors (Lipinski definition) is 2. The lowest BCUT2D eigenvalue weighted by Gasteiger charge is -2.04. The first-order chi connectivity index (χ1) is 8.81. The van der Waals surface area contributed by atoms with Crippen molar-refractivity contribution in [3.63, 3.8) is 0 Å². The Bertz CT molecular complexity index is 577. The Morgan fingerprint density at radius 3 is 3.06 bits per heavy atom. The van der Waals surface area contributed by atoms with Crippen LogP contribution in [-0.4, -0.2) is 17.4 Å². The van der Waals surface area contributed by atoms with Crippen LogP contribution in [0.25, 0.3) is 10.9 Å². The lowest BCUT2D eigenvalue weighted by Crippen LogP contribution is -2.24. The van der Waals surface area contributed by atoms with Gasteiger partial charge in [0.25, 0.3) is 5.91 Å². The van der Waals surface area contributed by atoms with E-state index in [4.69, 9.17) is 6.42 Å². The normalized spacial score (nSPS) is 10.2. The number of carbonyl (C=O) groups excluding carboxylic acids is 1. The van der Waals surface area contributed by atoms with E-state index in [0.717, 1.165) is 30.2 Å². The zero-order valence-electron chi connectivity index (χ0n) is 10.2. The van der Waals surface area contributed by atoms with Gasteiger partial charge < -0.3 is 10.3 Å². The van der Waals surface area contributed by atoms with Crippen LogP contribution < -0.4 is 5.32 Å². The number of unbranched alkanes of at least 4 members (excludes halogenated alkanes) is 2. The van der Waals surface area contributed by atoms with Crippen LogP contribution >= 0.6 is 0 Å². The molecule has 1 heterocycles. The number of aromatic amines is 1. The highest BCUT2D eigenvalue weighted by atomic mass is 16.1. The quantitative estimate of drug-likeness (QED) is 0.612. The van der Waals surface area contributed by atoms with Gasteiger partial charge in [0.2, 0.25) is 0 Å². The number of rotatable bonds is 5. The van der Waals surface area contributed by atoms with Crippen molar-refractivity contribution in [3.8, 4) is 12.3 Å². The molecule has 1 aromatic carbocycles. The van der Waals surface area contributed by atoms with Gasteiger partial charge in [-0.15, -0.1) is 12.3 Å². The molecule has 0 bridgehead atoms. The van der Waals surface area contributed by atoms with E-state index in [1.807, 2.05) is 30.5 Å². The summed E-state index contributed by atoms with van der Waals surface area (Å²) >= 11 is 0. The molecule has 0 aliphatic heterocycles. The fourth-order valence-corrected chi connectivity index (χ4v) is 1.85. The first kappa shape index (κ1) is 12.3. The Morgan fingerprint density at radius 2 is 2.22 bits per heavy atom. The molecule has 2 aromatic rings. The zero-order valence-corrected chi connectivity index (χ0v) is 10.2. The van der Waals surface area contributed by atoms with Crippen LogP contribution in [0, 0.1) is 12.3 Å². The number of aromatic nitrogens is 1. The number of amides is 1. The van der Waals surface area contributed by atoms with Crippen LogP contribution in [0.4, 0.5) is 0 Å². The van der Waals surface area contributed by atoms with Crippen LogP contribution in [0.15, 0.2) is 30.5 Å². The second kappa shape index (κ2) is 5.92.